The SMILES string of the molecule is Cn1ccn(CCOc2cccc(C#CCCO)c2)c1=O. The highest BCUT2D eigenvalue weighted by atomic mass is 16.5. The van der Waals surface area contributed by atoms with Crippen molar-refractivity contribution in [1.82, 2.24) is 9.13 Å². The highest BCUT2D eigenvalue weighted by Crippen LogP contribution is 2.12. The molecule has 1 aromatic heterocycles. The molecule has 0 spiro atoms. The number of hydrogen-bond acceptors (Lipinski definition) is 3. The number of imidazole rings is 1. The van der Waals surface area contributed by atoms with Crippen molar-refractivity contribution < 1.29 is 9.84 Å². The van der Waals surface area contributed by atoms with Gasteiger partial charge in [0.25, 0.3) is 0 Å². The summed E-state index contributed by atoms with van der Waals surface area (Å²) in [6.07, 6.45) is 3.92. The van der Waals surface area contributed by atoms with Crippen molar-refractivity contribution in [3.05, 3.63) is 52.7 Å². The molecule has 2 rings (SSSR count). The van der Waals surface area contributed by atoms with Crippen molar-refractivity contribution in [1.29, 1.82) is 0 Å². The minimum atomic E-state index is -0.0535. The smallest absolute Gasteiger partial charge is 0.327 e. The van der Waals surface area contributed by atoms with Crippen molar-refractivity contribution in [2.75, 3.05) is 13.2 Å². The summed E-state index contributed by atoms with van der Waals surface area (Å²) in [6.45, 7) is 0.979. The van der Waals surface area contributed by atoms with Crippen LogP contribution < -0.4 is 10.4 Å². The lowest BCUT2D eigenvalue weighted by molar-refractivity contribution is 0.296. The lowest BCUT2D eigenvalue weighted by Crippen LogP contribution is -2.24. The fourth-order valence-corrected chi connectivity index (χ4v) is 1.83. The number of aliphatic hydroxyl groups is 1. The van der Waals surface area contributed by atoms with Gasteiger partial charge in [0.05, 0.1) is 13.2 Å². The van der Waals surface area contributed by atoms with E-state index in [-0.39, 0.29) is 12.3 Å². The number of benzene rings is 1. The van der Waals surface area contributed by atoms with Crippen LogP contribution in [0.4, 0.5) is 0 Å². The fraction of sp³-hybridized carbons (Fsp3) is 0.312. The van der Waals surface area contributed by atoms with E-state index in [1.54, 1.807) is 24.0 Å². The van der Waals surface area contributed by atoms with Gasteiger partial charge in [-0.1, -0.05) is 17.9 Å². The van der Waals surface area contributed by atoms with Gasteiger partial charge in [0.2, 0.25) is 0 Å². The van der Waals surface area contributed by atoms with Crippen LogP contribution >= 0.6 is 0 Å². The molecule has 0 radical (unpaired) electrons. The molecule has 5 nitrogen and oxygen atoms in total. The van der Waals surface area contributed by atoms with Gasteiger partial charge >= 0.3 is 5.69 Å². The molecular formula is C16H18N2O3. The molecule has 1 N–H and O–H groups in total. The Morgan fingerprint density at radius 1 is 1.33 bits per heavy atom. The number of aryl methyl sites for hydroxylation is 1. The van der Waals surface area contributed by atoms with E-state index in [2.05, 4.69) is 11.8 Å². The van der Waals surface area contributed by atoms with Crippen molar-refractivity contribution in [3.63, 3.8) is 0 Å². The summed E-state index contributed by atoms with van der Waals surface area (Å²) in [5.41, 5.74) is 0.792. The third kappa shape index (κ3) is 4.26. The Balaban J connectivity index is 1.92. The van der Waals surface area contributed by atoms with Gasteiger partial charge in [-0.25, -0.2) is 4.79 Å². The first-order valence-electron chi connectivity index (χ1n) is 6.75. The van der Waals surface area contributed by atoms with Crippen LogP contribution in [0.5, 0.6) is 5.75 Å². The van der Waals surface area contributed by atoms with Crippen LogP contribution in [0.15, 0.2) is 41.5 Å². The van der Waals surface area contributed by atoms with Gasteiger partial charge in [-0.3, -0.25) is 4.57 Å². The summed E-state index contributed by atoms with van der Waals surface area (Å²) in [7, 11) is 1.72. The molecule has 0 aliphatic rings. The quantitative estimate of drug-likeness (QED) is 0.834. The second-order valence-corrected chi connectivity index (χ2v) is 4.54. The number of nitrogens with zero attached hydrogens (tertiary/aromatic N) is 2. The number of aromatic nitrogens is 2. The Hall–Kier alpha value is -2.45. The lowest BCUT2D eigenvalue weighted by Gasteiger charge is -2.06. The zero-order valence-corrected chi connectivity index (χ0v) is 12.0. The van der Waals surface area contributed by atoms with Crippen molar-refractivity contribution in [3.8, 4) is 17.6 Å². The van der Waals surface area contributed by atoms with Crippen LogP contribution in [0.25, 0.3) is 0 Å². The van der Waals surface area contributed by atoms with E-state index >= 15 is 0 Å². The molecule has 0 saturated carbocycles. The predicted octanol–water partition coefficient (Wildman–Crippen LogP) is 1.000. The van der Waals surface area contributed by atoms with Gasteiger partial charge in [0.1, 0.15) is 12.4 Å². The molecule has 0 saturated heterocycles. The maximum Gasteiger partial charge on any atom is 0.327 e. The largest absolute Gasteiger partial charge is 0.492 e. The first-order chi connectivity index (χ1) is 10.2. The van der Waals surface area contributed by atoms with E-state index in [4.69, 9.17) is 9.84 Å². The highest BCUT2D eigenvalue weighted by Gasteiger charge is 2.00. The van der Waals surface area contributed by atoms with Crippen LogP contribution in [0.1, 0.15) is 12.0 Å². The Morgan fingerprint density at radius 3 is 2.90 bits per heavy atom. The van der Waals surface area contributed by atoms with Gasteiger partial charge in [-0.15, -0.1) is 0 Å². The minimum Gasteiger partial charge on any atom is -0.492 e. The molecule has 0 aliphatic carbocycles. The van der Waals surface area contributed by atoms with E-state index in [9.17, 15) is 4.79 Å². The van der Waals surface area contributed by atoms with Gasteiger partial charge < -0.3 is 14.4 Å². The van der Waals surface area contributed by atoms with Crippen LogP contribution in [-0.2, 0) is 13.6 Å². The summed E-state index contributed by atoms with van der Waals surface area (Å²) in [4.78, 5) is 11.6. The zero-order valence-electron chi connectivity index (χ0n) is 12.0. The van der Waals surface area contributed by atoms with Crippen LogP contribution in [0.2, 0.25) is 0 Å². The van der Waals surface area contributed by atoms with Crippen LogP contribution in [0.3, 0.4) is 0 Å². The lowest BCUT2D eigenvalue weighted by atomic mass is 10.2. The maximum atomic E-state index is 11.6. The highest BCUT2D eigenvalue weighted by molar-refractivity contribution is 5.39. The number of aliphatic hydroxyl groups excluding tert-OH is 1. The molecule has 0 amide bonds. The average molecular weight is 286 g/mol. The Labute approximate surface area is 123 Å². The first kappa shape index (κ1) is 14.9. The molecule has 1 heterocycles. The number of rotatable bonds is 5. The molecule has 5 heteroatoms. The third-order valence-corrected chi connectivity index (χ3v) is 2.92. The van der Waals surface area contributed by atoms with Crippen LogP contribution in [-0.4, -0.2) is 27.5 Å². The van der Waals surface area contributed by atoms with Crippen LogP contribution in [0, 0.1) is 11.8 Å². The van der Waals surface area contributed by atoms with Gasteiger partial charge in [0.15, 0.2) is 0 Å². The van der Waals surface area contributed by atoms with E-state index < -0.39 is 0 Å². The predicted molar refractivity (Wildman–Crippen MR) is 80.2 cm³/mol. The molecule has 0 unspecified atom stereocenters. The molecule has 0 aliphatic heterocycles. The summed E-state index contributed by atoms with van der Waals surface area (Å²) >= 11 is 0. The minimum absolute atomic E-state index is 0.0535. The molecule has 110 valence electrons. The average Bonchev–Trinajstić information content (AvgIpc) is 2.80. The van der Waals surface area contributed by atoms with Crippen molar-refractivity contribution in [2.24, 2.45) is 7.05 Å². The van der Waals surface area contributed by atoms with Gasteiger partial charge in [-0.2, -0.15) is 0 Å². The Morgan fingerprint density at radius 2 is 2.19 bits per heavy atom. The molecule has 0 bridgehead atoms. The second-order valence-electron chi connectivity index (χ2n) is 4.54. The summed E-state index contributed by atoms with van der Waals surface area (Å²) in [6, 6.07) is 7.45. The summed E-state index contributed by atoms with van der Waals surface area (Å²) < 4.78 is 8.76. The number of ether oxygens (including phenoxy) is 1. The fourth-order valence-electron chi connectivity index (χ4n) is 1.83. The van der Waals surface area contributed by atoms with Gasteiger partial charge in [0, 0.05) is 31.4 Å². The second kappa shape index (κ2) is 7.36. The maximum absolute atomic E-state index is 11.6. The van der Waals surface area contributed by atoms with E-state index in [0.29, 0.717) is 19.6 Å². The monoisotopic (exact) mass is 286 g/mol. The standard InChI is InChI=1S/C16H18N2O3/c1-17-8-9-18(16(17)20)10-12-21-15-7-4-6-14(13-15)5-2-3-11-19/h4,6-9,13,19H,3,10-12H2,1H3. The molecule has 1 aromatic carbocycles. The summed E-state index contributed by atoms with van der Waals surface area (Å²) in [5.74, 6) is 6.54. The summed E-state index contributed by atoms with van der Waals surface area (Å²) in [5, 5.41) is 8.69. The van der Waals surface area contributed by atoms with E-state index in [1.165, 1.54) is 4.57 Å². The van der Waals surface area contributed by atoms with Crippen molar-refractivity contribution in [2.45, 2.75) is 13.0 Å². The molecule has 2 aromatic rings. The van der Waals surface area contributed by atoms with Crippen molar-refractivity contribution >= 4 is 0 Å². The molecule has 21 heavy (non-hydrogen) atoms. The zero-order chi connectivity index (χ0) is 15.1. The number of hydrogen-bond donors (Lipinski definition) is 1. The first-order valence-corrected chi connectivity index (χ1v) is 6.75. The normalized spacial score (nSPS) is 10.0. The third-order valence-electron chi connectivity index (χ3n) is 2.92. The van der Waals surface area contributed by atoms with E-state index in [1.807, 2.05) is 24.3 Å². The molecular weight excluding hydrogens is 268 g/mol. The molecule has 0 fully saturated rings. The van der Waals surface area contributed by atoms with Gasteiger partial charge in [-0.05, 0) is 18.2 Å². The topological polar surface area (TPSA) is 56.4 Å². The molecule has 0 atom stereocenters. The Bertz CT molecular complexity index is 704. The Kier molecular flexibility index (Phi) is 5.24. The van der Waals surface area contributed by atoms with E-state index in [0.717, 1.165) is 11.3 Å².